The summed E-state index contributed by atoms with van der Waals surface area (Å²) in [7, 11) is -4.30. The maximum Gasteiger partial charge on any atom is 0.264 e. The highest BCUT2D eigenvalue weighted by Crippen LogP contribution is 2.27. The maximum atomic E-state index is 13.9. The molecule has 0 aliphatic heterocycles. The van der Waals surface area contributed by atoms with Crippen LogP contribution in [0.4, 0.5) is 10.1 Å². The third kappa shape index (κ3) is 8.77. The van der Waals surface area contributed by atoms with Crippen molar-refractivity contribution in [1.29, 1.82) is 0 Å². The van der Waals surface area contributed by atoms with Gasteiger partial charge in [-0.3, -0.25) is 13.9 Å². The summed E-state index contributed by atoms with van der Waals surface area (Å²) in [6.07, 6.45) is 1.69. The van der Waals surface area contributed by atoms with Crippen LogP contribution < -0.4 is 14.4 Å². The molecular weight excluding hydrogens is 613 g/mol. The average Bonchev–Trinajstić information content (AvgIpc) is 2.95. The van der Waals surface area contributed by atoms with Gasteiger partial charge in [-0.2, -0.15) is 0 Å². The van der Waals surface area contributed by atoms with Gasteiger partial charge in [-0.15, -0.1) is 0 Å². The van der Waals surface area contributed by atoms with E-state index in [-0.39, 0.29) is 23.0 Å². The number of hydrogen-bond acceptors (Lipinski definition) is 5. The summed E-state index contributed by atoms with van der Waals surface area (Å²) in [5, 5.41) is 2.86. The molecule has 220 valence electrons. The molecule has 2 amide bonds. The van der Waals surface area contributed by atoms with Crippen molar-refractivity contribution < 1.29 is 27.1 Å². The summed E-state index contributed by atoms with van der Waals surface area (Å²) in [6, 6.07) is 17.2. The quantitative estimate of drug-likeness (QED) is 0.233. The van der Waals surface area contributed by atoms with E-state index in [0.29, 0.717) is 18.9 Å². The monoisotopic (exact) mass is 647 g/mol. The lowest BCUT2D eigenvalue weighted by Crippen LogP contribution is -2.51. The Hall–Kier alpha value is -3.44. The first kappa shape index (κ1) is 32.1. The van der Waals surface area contributed by atoms with Crippen molar-refractivity contribution in [2.75, 3.05) is 24.0 Å². The molecule has 0 aromatic heterocycles. The number of amides is 2. The molecule has 1 N–H and O–H groups in total. The lowest BCUT2D eigenvalue weighted by atomic mass is 10.1. The zero-order valence-electron chi connectivity index (χ0n) is 23.3. The molecule has 3 rings (SSSR count). The second-order valence-corrected chi connectivity index (χ2v) is 12.1. The number of nitrogens with one attached hydrogen (secondary N) is 1. The third-order valence-electron chi connectivity index (χ3n) is 6.36. The van der Waals surface area contributed by atoms with E-state index >= 15 is 0 Å². The molecule has 0 aliphatic rings. The summed E-state index contributed by atoms with van der Waals surface area (Å²) in [5.41, 5.74) is 0.975. The Labute approximate surface area is 249 Å². The van der Waals surface area contributed by atoms with Crippen LogP contribution >= 0.6 is 15.9 Å². The van der Waals surface area contributed by atoms with Gasteiger partial charge < -0.3 is 15.0 Å². The highest BCUT2D eigenvalue weighted by atomic mass is 79.9. The van der Waals surface area contributed by atoms with Crippen molar-refractivity contribution in [3.63, 3.8) is 0 Å². The van der Waals surface area contributed by atoms with Gasteiger partial charge in [0.25, 0.3) is 10.0 Å². The molecule has 11 heteroatoms. The summed E-state index contributed by atoms with van der Waals surface area (Å²) < 4.78 is 48.5. The molecule has 1 unspecified atom stereocenters. The minimum atomic E-state index is -4.30. The number of unbranched alkanes of at least 4 members (excludes halogenated alkanes) is 1. The zero-order valence-corrected chi connectivity index (χ0v) is 25.8. The Bertz CT molecular complexity index is 1420. The third-order valence-corrected chi connectivity index (χ3v) is 8.64. The highest BCUT2D eigenvalue weighted by Gasteiger charge is 2.32. The van der Waals surface area contributed by atoms with Crippen LogP contribution in [0.2, 0.25) is 0 Å². The topological polar surface area (TPSA) is 96.0 Å². The number of carbonyl (C=O) groups is 2. The molecule has 0 saturated carbocycles. The van der Waals surface area contributed by atoms with Crippen molar-refractivity contribution in [2.24, 2.45) is 0 Å². The molecule has 0 radical (unpaired) electrons. The molecule has 8 nitrogen and oxygen atoms in total. The van der Waals surface area contributed by atoms with Crippen LogP contribution in [-0.2, 0) is 26.2 Å². The van der Waals surface area contributed by atoms with Crippen LogP contribution in [0.5, 0.6) is 5.75 Å². The molecule has 3 aromatic rings. The molecule has 0 aliphatic carbocycles. The Morgan fingerprint density at radius 2 is 1.71 bits per heavy atom. The van der Waals surface area contributed by atoms with Crippen molar-refractivity contribution >= 4 is 43.5 Å². The standard InChI is InChI=1S/C30H35BrFN3O5S/c1-4-6-18-33-30(37)22(3)34(20-23-8-7-9-24(31)19-23)29(36)21-35(26-12-14-27(15-13-26)40-5-2)41(38,39)28-16-10-25(32)11-17-28/h7-17,19,22H,4-6,18,20-21H2,1-3H3,(H,33,37). The molecule has 0 bridgehead atoms. The minimum Gasteiger partial charge on any atom is -0.494 e. The SMILES string of the molecule is CCCCNC(=O)C(C)N(Cc1cccc(Br)c1)C(=O)CN(c1ccc(OCC)cc1)S(=O)(=O)c1ccc(F)cc1. The largest absolute Gasteiger partial charge is 0.494 e. The zero-order chi connectivity index (χ0) is 30.0. The van der Waals surface area contributed by atoms with Gasteiger partial charge in [0.15, 0.2) is 0 Å². The fourth-order valence-corrected chi connectivity index (χ4v) is 5.95. The summed E-state index contributed by atoms with van der Waals surface area (Å²) in [5.74, 6) is -0.968. The fraction of sp³-hybridized carbons (Fsp3) is 0.333. The Balaban J connectivity index is 2.00. The maximum absolute atomic E-state index is 13.9. The number of carbonyl (C=O) groups excluding carboxylic acids is 2. The van der Waals surface area contributed by atoms with Gasteiger partial charge in [0.05, 0.1) is 17.2 Å². The molecule has 1 atom stereocenters. The second kappa shape index (κ2) is 15.0. The van der Waals surface area contributed by atoms with Crippen molar-refractivity contribution in [2.45, 2.75) is 51.1 Å². The number of sulfonamides is 1. The molecule has 0 fully saturated rings. The van der Waals surface area contributed by atoms with Crippen molar-refractivity contribution in [3.05, 3.63) is 88.6 Å². The molecular formula is C30H35BrFN3O5S. The number of anilines is 1. The highest BCUT2D eigenvalue weighted by molar-refractivity contribution is 9.10. The first-order valence-corrected chi connectivity index (χ1v) is 15.6. The Morgan fingerprint density at radius 3 is 2.32 bits per heavy atom. The molecule has 0 heterocycles. The predicted molar refractivity (Wildman–Crippen MR) is 161 cm³/mol. The van der Waals surface area contributed by atoms with Crippen LogP contribution in [0.1, 0.15) is 39.2 Å². The second-order valence-electron chi connectivity index (χ2n) is 9.36. The van der Waals surface area contributed by atoms with Crippen molar-refractivity contribution in [1.82, 2.24) is 10.2 Å². The molecule has 3 aromatic carbocycles. The van der Waals surface area contributed by atoms with Gasteiger partial charge in [0.2, 0.25) is 11.8 Å². The smallest absolute Gasteiger partial charge is 0.264 e. The van der Waals surface area contributed by atoms with Crippen LogP contribution in [0.15, 0.2) is 82.2 Å². The summed E-state index contributed by atoms with van der Waals surface area (Å²) in [4.78, 5) is 28.2. The number of benzene rings is 3. The van der Waals surface area contributed by atoms with Crippen molar-refractivity contribution in [3.8, 4) is 5.75 Å². The lowest BCUT2D eigenvalue weighted by Gasteiger charge is -2.32. The van der Waals surface area contributed by atoms with Gasteiger partial charge in [-0.1, -0.05) is 41.4 Å². The first-order chi connectivity index (χ1) is 19.6. The Morgan fingerprint density at radius 1 is 1.02 bits per heavy atom. The van der Waals surface area contributed by atoms with E-state index in [4.69, 9.17) is 4.74 Å². The van der Waals surface area contributed by atoms with Gasteiger partial charge in [0, 0.05) is 17.6 Å². The van der Waals surface area contributed by atoms with E-state index in [2.05, 4.69) is 21.2 Å². The van der Waals surface area contributed by atoms with E-state index in [1.807, 2.05) is 38.1 Å². The van der Waals surface area contributed by atoms with Gasteiger partial charge in [-0.25, -0.2) is 12.8 Å². The lowest BCUT2D eigenvalue weighted by molar-refractivity contribution is -0.139. The Kier molecular flexibility index (Phi) is 11.7. The minimum absolute atomic E-state index is 0.0777. The van der Waals surface area contributed by atoms with Crippen LogP contribution in [-0.4, -0.2) is 50.9 Å². The average molecular weight is 649 g/mol. The van der Waals surface area contributed by atoms with Gasteiger partial charge in [-0.05, 0) is 86.5 Å². The van der Waals surface area contributed by atoms with Crippen LogP contribution in [0, 0.1) is 5.82 Å². The van der Waals surface area contributed by atoms with E-state index in [0.717, 1.165) is 51.4 Å². The van der Waals surface area contributed by atoms with E-state index in [1.165, 1.54) is 4.90 Å². The number of rotatable bonds is 14. The normalized spacial score (nSPS) is 11.9. The van der Waals surface area contributed by atoms with Gasteiger partial charge >= 0.3 is 0 Å². The number of hydrogen-bond donors (Lipinski definition) is 1. The van der Waals surface area contributed by atoms with Crippen LogP contribution in [0.25, 0.3) is 0 Å². The van der Waals surface area contributed by atoms with Gasteiger partial charge in [0.1, 0.15) is 24.2 Å². The first-order valence-electron chi connectivity index (χ1n) is 13.4. The van der Waals surface area contributed by atoms with E-state index in [9.17, 15) is 22.4 Å². The van der Waals surface area contributed by atoms with E-state index in [1.54, 1.807) is 31.2 Å². The molecule has 0 spiro atoms. The summed E-state index contributed by atoms with van der Waals surface area (Å²) in [6.45, 7) is 5.84. The summed E-state index contributed by atoms with van der Waals surface area (Å²) >= 11 is 3.43. The number of nitrogens with zero attached hydrogens (tertiary/aromatic N) is 2. The van der Waals surface area contributed by atoms with E-state index < -0.39 is 34.3 Å². The van der Waals surface area contributed by atoms with Crippen LogP contribution in [0.3, 0.4) is 0 Å². The molecule has 0 saturated heterocycles. The number of halogens is 2. The number of ether oxygens (including phenoxy) is 1. The fourth-order valence-electron chi connectivity index (χ4n) is 4.09. The predicted octanol–water partition coefficient (Wildman–Crippen LogP) is 5.52. The molecule has 41 heavy (non-hydrogen) atoms.